The molecule has 0 saturated carbocycles. The highest BCUT2D eigenvalue weighted by atomic mass is 14.2. The van der Waals surface area contributed by atoms with Crippen LogP contribution in [0.15, 0.2) is 23.3 Å². The highest BCUT2D eigenvalue weighted by Gasteiger charge is 2.14. The average molecular weight is 178 g/mol. The van der Waals surface area contributed by atoms with E-state index in [-0.39, 0.29) is 0 Å². The van der Waals surface area contributed by atoms with Gasteiger partial charge in [0.1, 0.15) is 0 Å². The number of allylic oxidation sites excluding steroid dienone is 4. The second-order valence-electron chi connectivity index (χ2n) is 3.93. The van der Waals surface area contributed by atoms with E-state index >= 15 is 0 Å². The second kappa shape index (κ2) is 5.26. The largest absolute Gasteiger partial charge is 0.0741 e. The van der Waals surface area contributed by atoms with Gasteiger partial charge in [0.15, 0.2) is 0 Å². The Morgan fingerprint density at radius 2 is 2.00 bits per heavy atom. The van der Waals surface area contributed by atoms with Crippen molar-refractivity contribution in [3.05, 3.63) is 23.3 Å². The number of rotatable bonds is 5. The Morgan fingerprint density at radius 1 is 1.23 bits per heavy atom. The van der Waals surface area contributed by atoms with Crippen molar-refractivity contribution in [1.29, 1.82) is 0 Å². The summed E-state index contributed by atoms with van der Waals surface area (Å²) >= 11 is 0. The smallest absolute Gasteiger partial charge is 0.00170 e. The predicted molar refractivity (Wildman–Crippen MR) is 59.8 cm³/mol. The van der Waals surface area contributed by atoms with Gasteiger partial charge in [-0.25, -0.2) is 0 Å². The summed E-state index contributed by atoms with van der Waals surface area (Å²) < 4.78 is 0. The fourth-order valence-electron chi connectivity index (χ4n) is 2.04. The van der Waals surface area contributed by atoms with E-state index < -0.39 is 0 Å². The van der Waals surface area contributed by atoms with Crippen LogP contribution >= 0.6 is 0 Å². The molecule has 1 aliphatic rings. The van der Waals surface area contributed by atoms with E-state index in [2.05, 4.69) is 32.9 Å². The van der Waals surface area contributed by atoms with Crippen molar-refractivity contribution in [3.63, 3.8) is 0 Å². The maximum Gasteiger partial charge on any atom is -0.00170 e. The van der Waals surface area contributed by atoms with Crippen molar-refractivity contribution >= 4 is 0 Å². The average Bonchev–Trinajstić information content (AvgIpc) is 2.57. The van der Waals surface area contributed by atoms with Gasteiger partial charge >= 0.3 is 0 Å². The van der Waals surface area contributed by atoms with E-state index in [0.717, 1.165) is 5.92 Å². The monoisotopic (exact) mass is 178 g/mol. The van der Waals surface area contributed by atoms with Crippen LogP contribution in [-0.4, -0.2) is 0 Å². The van der Waals surface area contributed by atoms with E-state index in [1.165, 1.54) is 32.1 Å². The highest BCUT2D eigenvalue weighted by Crippen LogP contribution is 2.31. The topological polar surface area (TPSA) is 0 Å². The summed E-state index contributed by atoms with van der Waals surface area (Å²) in [6, 6.07) is 0. The quantitative estimate of drug-likeness (QED) is 0.582. The van der Waals surface area contributed by atoms with Gasteiger partial charge in [-0.3, -0.25) is 0 Å². The Bertz CT molecular complexity index is 208. The molecule has 0 saturated heterocycles. The van der Waals surface area contributed by atoms with Crippen LogP contribution in [0.2, 0.25) is 0 Å². The van der Waals surface area contributed by atoms with Crippen LogP contribution in [0, 0.1) is 5.92 Å². The second-order valence-corrected chi connectivity index (χ2v) is 3.93. The van der Waals surface area contributed by atoms with Crippen LogP contribution in [0.1, 0.15) is 52.9 Å². The van der Waals surface area contributed by atoms with Crippen LogP contribution in [-0.2, 0) is 0 Å². The molecule has 0 fully saturated rings. The van der Waals surface area contributed by atoms with Crippen molar-refractivity contribution < 1.29 is 0 Å². The SMILES string of the molecule is CCCCC1=CC(CC)C(CC)=C1. The minimum atomic E-state index is 0.761. The molecule has 0 aliphatic heterocycles. The van der Waals surface area contributed by atoms with Gasteiger partial charge in [-0.05, 0) is 31.6 Å². The van der Waals surface area contributed by atoms with Gasteiger partial charge in [-0.2, -0.15) is 0 Å². The Labute approximate surface area is 82.7 Å². The predicted octanol–water partition coefficient (Wildman–Crippen LogP) is 4.48. The van der Waals surface area contributed by atoms with Gasteiger partial charge in [-0.1, -0.05) is 50.5 Å². The zero-order chi connectivity index (χ0) is 9.68. The first kappa shape index (κ1) is 10.6. The molecule has 0 aromatic rings. The van der Waals surface area contributed by atoms with Gasteiger partial charge in [0.2, 0.25) is 0 Å². The highest BCUT2D eigenvalue weighted by molar-refractivity contribution is 5.35. The van der Waals surface area contributed by atoms with Crippen molar-refractivity contribution in [2.45, 2.75) is 52.9 Å². The molecule has 13 heavy (non-hydrogen) atoms. The van der Waals surface area contributed by atoms with E-state index in [9.17, 15) is 0 Å². The lowest BCUT2D eigenvalue weighted by atomic mass is 9.98. The zero-order valence-electron chi connectivity index (χ0n) is 9.27. The van der Waals surface area contributed by atoms with Crippen LogP contribution in [0.25, 0.3) is 0 Å². The molecule has 1 atom stereocenters. The molecule has 0 spiro atoms. The minimum absolute atomic E-state index is 0.761. The van der Waals surface area contributed by atoms with Gasteiger partial charge in [0.05, 0.1) is 0 Å². The van der Waals surface area contributed by atoms with E-state index in [1.54, 1.807) is 11.1 Å². The molecule has 0 aromatic carbocycles. The maximum absolute atomic E-state index is 2.48. The summed E-state index contributed by atoms with van der Waals surface area (Å²) in [6.07, 6.45) is 11.4. The molecule has 1 aliphatic carbocycles. The maximum atomic E-state index is 2.48. The third kappa shape index (κ3) is 2.72. The summed E-state index contributed by atoms with van der Waals surface area (Å²) in [6.45, 7) is 6.82. The lowest BCUT2D eigenvalue weighted by Gasteiger charge is -2.07. The molecular weight excluding hydrogens is 156 g/mol. The number of hydrogen-bond acceptors (Lipinski definition) is 0. The Kier molecular flexibility index (Phi) is 4.27. The molecule has 1 rings (SSSR count). The lowest BCUT2D eigenvalue weighted by molar-refractivity contribution is 0.708. The van der Waals surface area contributed by atoms with Crippen LogP contribution < -0.4 is 0 Å². The van der Waals surface area contributed by atoms with Crippen molar-refractivity contribution in [1.82, 2.24) is 0 Å². The van der Waals surface area contributed by atoms with Gasteiger partial charge < -0.3 is 0 Å². The Morgan fingerprint density at radius 3 is 2.46 bits per heavy atom. The molecule has 1 unspecified atom stereocenters. The van der Waals surface area contributed by atoms with E-state index in [1.807, 2.05) is 0 Å². The minimum Gasteiger partial charge on any atom is -0.0741 e. The Hall–Kier alpha value is -0.520. The number of hydrogen-bond donors (Lipinski definition) is 0. The fraction of sp³-hybridized carbons (Fsp3) is 0.692. The molecule has 0 heteroatoms. The van der Waals surface area contributed by atoms with Crippen molar-refractivity contribution in [2.24, 2.45) is 5.92 Å². The zero-order valence-corrected chi connectivity index (χ0v) is 9.27. The first-order valence-corrected chi connectivity index (χ1v) is 5.72. The molecule has 0 N–H and O–H groups in total. The molecule has 0 aromatic heterocycles. The first-order chi connectivity index (χ1) is 6.31. The summed E-state index contributed by atoms with van der Waals surface area (Å²) in [5, 5.41) is 0. The van der Waals surface area contributed by atoms with Gasteiger partial charge in [0, 0.05) is 0 Å². The van der Waals surface area contributed by atoms with Crippen LogP contribution in [0.5, 0.6) is 0 Å². The van der Waals surface area contributed by atoms with Gasteiger partial charge in [-0.15, -0.1) is 0 Å². The standard InChI is InChI=1S/C13H22/c1-4-7-8-11-9-12(5-2)13(6-3)10-11/h9-10,12H,4-8H2,1-3H3. The summed E-state index contributed by atoms with van der Waals surface area (Å²) in [5.74, 6) is 0.761. The third-order valence-electron chi connectivity index (χ3n) is 2.93. The lowest BCUT2D eigenvalue weighted by Crippen LogP contribution is -1.93. The van der Waals surface area contributed by atoms with E-state index in [0.29, 0.717) is 0 Å². The summed E-state index contributed by atoms with van der Waals surface area (Å²) in [5.41, 5.74) is 3.24. The molecule has 0 heterocycles. The van der Waals surface area contributed by atoms with Crippen LogP contribution in [0.4, 0.5) is 0 Å². The summed E-state index contributed by atoms with van der Waals surface area (Å²) in [4.78, 5) is 0. The molecular formula is C13H22. The molecule has 0 bridgehead atoms. The van der Waals surface area contributed by atoms with Crippen molar-refractivity contribution in [2.75, 3.05) is 0 Å². The fourth-order valence-corrected chi connectivity index (χ4v) is 2.04. The molecule has 0 nitrogen and oxygen atoms in total. The van der Waals surface area contributed by atoms with Gasteiger partial charge in [0.25, 0.3) is 0 Å². The Balaban J connectivity index is 2.53. The van der Waals surface area contributed by atoms with E-state index in [4.69, 9.17) is 0 Å². The molecule has 74 valence electrons. The summed E-state index contributed by atoms with van der Waals surface area (Å²) in [7, 11) is 0. The normalized spacial score (nSPS) is 21.6. The van der Waals surface area contributed by atoms with Crippen LogP contribution in [0.3, 0.4) is 0 Å². The molecule has 0 radical (unpaired) electrons. The first-order valence-electron chi connectivity index (χ1n) is 5.72. The number of unbranched alkanes of at least 4 members (excludes halogenated alkanes) is 1. The third-order valence-corrected chi connectivity index (χ3v) is 2.93. The van der Waals surface area contributed by atoms with Crippen molar-refractivity contribution in [3.8, 4) is 0 Å². The molecule has 0 amide bonds.